The molecule has 6 heteroatoms. The van der Waals surface area contributed by atoms with Gasteiger partial charge in [-0.25, -0.2) is 0 Å². The van der Waals surface area contributed by atoms with Gasteiger partial charge in [-0.15, -0.1) is 0 Å². The maximum Gasteiger partial charge on any atom is 0.307 e. The van der Waals surface area contributed by atoms with E-state index in [0.717, 1.165) is 6.42 Å². The van der Waals surface area contributed by atoms with Gasteiger partial charge in [-0.1, -0.05) is 13.3 Å². The first-order valence-electron chi connectivity index (χ1n) is 7.18. The van der Waals surface area contributed by atoms with Crippen molar-refractivity contribution in [2.45, 2.75) is 45.6 Å². The maximum absolute atomic E-state index is 12.2. The zero-order valence-electron chi connectivity index (χ0n) is 12.4. The predicted molar refractivity (Wildman–Crippen MR) is 78.8 cm³/mol. The number of hydrogen-bond acceptors (Lipinski definition) is 3. The average molecular weight is 303 g/mol. The Bertz CT molecular complexity index is 385. The summed E-state index contributed by atoms with van der Waals surface area (Å²) in [6.07, 6.45) is 4.45. The largest absolute Gasteiger partial charge is 0.481 e. The van der Waals surface area contributed by atoms with Gasteiger partial charge in [0.2, 0.25) is 5.91 Å². The highest BCUT2D eigenvalue weighted by atomic mass is 32.2. The number of aliphatic carboxylic acids is 1. The van der Waals surface area contributed by atoms with E-state index in [9.17, 15) is 18.9 Å². The van der Waals surface area contributed by atoms with E-state index in [2.05, 4.69) is 5.32 Å². The van der Waals surface area contributed by atoms with Gasteiger partial charge in [-0.05, 0) is 32.1 Å². The van der Waals surface area contributed by atoms with Crippen LogP contribution in [0, 0.1) is 17.8 Å². The van der Waals surface area contributed by atoms with Crippen LogP contribution in [0.15, 0.2) is 0 Å². The monoisotopic (exact) mass is 303 g/mol. The number of carboxylic acids is 1. The highest BCUT2D eigenvalue weighted by molar-refractivity contribution is 7.84. The number of hydrogen-bond donors (Lipinski definition) is 2. The zero-order valence-corrected chi connectivity index (χ0v) is 13.2. The van der Waals surface area contributed by atoms with E-state index in [1.54, 1.807) is 6.26 Å². The first-order chi connectivity index (χ1) is 9.35. The molecule has 0 spiro atoms. The van der Waals surface area contributed by atoms with Crippen LogP contribution >= 0.6 is 0 Å². The molecule has 0 radical (unpaired) electrons. The SMILES string of the molecule is CCC1CC(C(=O)O)C(C(=O)NC(C)CCS(C)=O)C1. The maximum atomic E-state index is 12.2. The molecular formula is C14H25NO4S. The smallest absolute Gasteiger partial charge is 0.307 e. The Balaban J connectivity index is 2.56. The third-order valence-corrected chi connectivity index (χ3v) is 4.93. The molecule has 0 saturated heterocycles. The van der Waals surface area contributed by atoms with Crippen LogP contribution in [0.25, 0.3) is 0 Å². The Morgan fingerprint density at radius 1 is 1.35 bits per heavy atom. The number of nitrogens with one attached hydrogen (secondary N) is 1. The molecule has 1 aliphatic rings. The molecule has 1 amide bonds. The summed E-state index contributed by atoms with van der Waals surface area (Å²) in [5.41, 5.74) is 0. The standard InChI is InChI=1S/C14H25NO4S/c1-4-10-7-11(12(8-10)14(17)18)13(16)15-9(2)5-6-20(3)19/h9-12H,4-8H2,1-3H3,(H,15,16)(H,17,18). The fraction of sp³-hybridized carbons (Fsp3) is 0.857. The summed E-state index contributed by atoms with van der Waals surface area (Å²) in [4.78, 5) is 23.5. The van der Waals surface area contributed by atoms with Gasteiger partial charge >= 0.3 is 5.97 Å². The second kappa shape index (κ2) is 7.76. The van der Waals surface area contributed by atoms with E-state index in [0.29, 0.717) is 30.9 Å². The first kappa shape index (κ1) is 17.1. The summed E-state index contributed by atoms with van der Waals surface area (Å²) < 4.78 is 11.0. The van der Waals surface area contributed by atoms with Gasteiger partial charge in [-0.2, -0.15) is 0 Å². The number of rotatable bonds is 7. The number of carbonyl (C=O) groups excluding carboxylic acids is 1. The first-order valence-corrected chi connectivity index (χ1v) is 8.91. The molecule has 5 atom stereocenters. The molecule has 0 aromatic rings. The van der Waals surface area contributed by atoms with Crippen LogP contribution in [0.4, 0.5) is 0 Å². The lowest BCUT2D eigenvalue weighted by Crippen LogP contribution is -2.40. The summed E-state index contributed by atoms with van der Waals surface area (Å²) in [7, 11) is -0.870. The van der Waals surface area contributed by atoms with Gasteiger partial charge in [0.25, 0.3) is 0 Å². The zero-order chi connectivity index (χ0) is 15.3. The van der Waals surface area contributed by atoms with Gasteiger partial charge in [0, 0.05) is 28.9 Å². The van der Waals surface area contributed by atoms with Gasteiger partial charge < -0.3 is 10.4 Å². The van der Waals surface area contributed by atoms with Crippen LogP contribution in [-0.4, -0.2) is 39.2 Å². The van der Waals surface area contributed by atoms with Crippen molar-refractivity contribution in [2.75, 3.05) is 12.0 Å². The van der Waals surface area contributed by atoms with Crippen molar-refractivity contribution in [2.24, 2.45) is 17.8 Å². The summed E-state index contributed by atoms with van der Waals surface area (Å²) in [5.74, 6) is -1.15. The Kier molecular flexibility index (Phi) is 6.65. The minimum absolute atomic E-state index is 0.0680. The highest BCUT2D eigenvalue weighted by Gasteiger charge is 2.42. The second-order valence-electron chi connectivity index (χ2n) is 5.77. The quantitative estimate of drug-likeness (QED) is 0.744. The Morgan fingerprint density at radius 2 is 1.95 bits per heavy atom. The van der Waals surface area contributed by atoms with Gasteiger partial charge in [0.15, 0.2) is 0 Å². The van der Waals surface area contributed by atoms with Crippen molar-refractivity contribution in [1.82, 2.24) is 5.32 Å². The minimum Gasteiger partial charge on any atom is -0.481 e. The lowest BCUT2D eigenvalue weighted by Gasteiger charge is -2.19. The topological polar surface area (TPSA) is 83.5 Å². The van der Waals surface area contributed by atoms with Crippen molar-refractivity contribution in [1.29, 1.82) is 0 Å². The summed E-state index contributed by atoms with van der Waals surface area (Å²) in [5, 5.41) is 12.1. The fourth-order valence-electron chi connectivity index (χ4n) is 2.80. The molecule has 5 unspecified atom stereocenters. The lowest BCUT2D eigenvalue weighted by atomic mass is 9.95. The molecule has 0 bridgehead atoms. The van der Waals surface area contributed by atoms with Crippen LogP contribution < -0.4 is 5.32 Å². The molecule has 0 heterocycles. The number of amides is 1. The number of carbonyl (C=O) groups is 2. The van der Waals surface area contributed by atoms with E-state index < -0.39 is 28.6 Å². The van der Waals surface area contributed by atoms with E-state index in [1.807, 2.05) is 13.8 Å². The lowest BCUT2D eigenvalue weighted by molar-refractivity contribution is -0.146. The van der Waals surface area contributed by atoms with Gasteiger partial charge in [0.05, 0.1) is 11.8 Å². The Labute approximate surface area is 123 Å². The molecule has 5 nitrogen and oxygen atoms in total. The molecule has 116 valence electrons. The molecule has 0 aliphatic heterocycles. The fourth-order valence-corrected chi connectivity index (χ4v) is 3.49. The van der Waals surface area contributed by atoms with E-state index in [4.69, 9.17) is 0 Å². The average Bonchev–Trinajstić information content (AvgIpc) is 2.80. The molecule has 1 fully saturated rings. The second-order valence-corrected chi connectivity index (χ2v) is 7.33. The van der Waals surface area contributed by atoms with E-state index in [1.165, 1.54) is 0 Å². The van der Waals surface area contributed by atoms with Crippen molar-refractivity contribution < 1.29 is 18.9 Å². The number of carboxylic acid groups (broad SMARTS) is 1. The molecule has 2 N–H and O–H groups in total. The highest BCUT2D eigenvalue weighted by Crippen LogP contribution is 2.38. The van der Waals surface area contributed by atoms with Crippen molar-refractivity contribution in [3.05, 3.63) is 0 Å². The predicted octanol–water partition coefficient (Wildman–Crippen LogP) is 1.40. The van der Waals surface area contributed by atoms with Crippen LogP contribution in [0.2, 0.25) is 0 Å². The minimum atomic E-state index is -0.872. The summed E-state index contributed by atoms with van der Waals surface area (Å²) in [6.45, 7) is 3.90. The van der Waals surface area contributed by atoms with Crippen molar-refractivity contribution in [3.8, 4) is 0 Å². The normalized spacial score (nSPS) is 28.9. The van der Waals surface area contributed by atoms with Gasteiger partial charge in [0.1, 0.15) is 0 Å². The van der Waals surface area contributed by atoms with Crippen molar-refractivity contribution in [3.63, 3.8) is 0 Å². The van der Waals surface area contributed by atoms with Gasteiger partial charge in [-0.3, -0.25) is 13.8 Å². The van der Waals surface area contributed by atoms with Crippen LogP contribution in [0.3, 0.4) is 0 Å². The summed E-state index contributed by atoms with van der Waals surface area (Å²) >= 11 is 0. The van der Waals surface area contributed by atoms with E-state index >= 15 is 0 Å². The van der Waals surface area contributed by atoms with E-state index in [-0.39, 0.29) is 11.9 Å². The summed E-state index contributed by atoms with van der Waals surface area (Å²) in [6, 6.07) is -0.0680. The third kappa shape index (κ3) is 4.89. The molecule has 1 rings (SSSR count). The van der Waals surface area contributed by atoms with Crippen LogP contribution in [0.1, 0.15) is 39.5 Å². The Morgan fingerprint density at radius 3 is 2.45 bits per heavy atom. The molecule has 20 heavy (non-hydrogen) atoms. The van der Waals surface area contributed by atoms with Crippen LogP contribution in [0.5, 0.6) is 0 Å². The van der Waals surface area contributed by atoms with Crippen LogP contribution in [-0.2, 0) is 20.4 Å². The molecule has 0 aromatic carbocycles. The molecule has 1 saturated carbocycles. The molecular weight excluding hydrogens is 278 g/mol. The Hall–Kier alpha value is -0.910. The molecule has 1 aliphatic carbocycles. The third-order valence-electron chi connectivity index (χ3n) is 4.12. The van der Waals surface area contributed by atoms with Crippen molar-refractivity contribution >= 4 is 22.7 Å². The molecule has 0 aromatic heterocycles.